The third-order valence-electron chi connectivity index (χ3n) is 3.34. The molecule has 1 aliphatic carbocycles. The first-order valence-corrected chi connectivity index (χ1v) is 6.00. The van der Waals surface area contributed by atoms with Crippen molar-refractivity contribution in [3.05, 3.63) is 34.9 Å². The number of fused-ring (bicyclic) bond motifs is 1. The molecule has 1 aromatic carbocycles. The van der Waals surface area contributed by atoms with Gasteiger partial charge in [-0.3, -0.25) is 0 Å². The third kappa shape index (κ3) is 2.07. The zero-order valence-corrected chi connectivity index (χ0v) is 10.0. The van der Waals surface area contributed by atoms with Crippen molar-refractivity contribution < 1.29 is 0 Å². The van der Waals surface area contributed by atoms with Gasteiger partial charge in [-0.05, 0) is 48.9 Å². The van der Waals surface area contributed by atoms with Gasteiger partial charge >= 0.3 is 0 Å². The molecule has 0 fully saturated rings. The molecule has 0 saturated carbocycles. The number of nitrogens with one attached hydrogen (secondary N) is 1. The maximum absolute atomic E-state index is 3.40. The molecular weight excluding hydrogens is 182 g/mol. The summed E-state index contributed by atoms with van der Waals surface area (Å²) in [5, 5.41) is 3.40. The summed E-state index contributed by atoms with van der Waals surface area (Å²) in [6.07, 6.45) is 3.74. The average molecular weight is 203 g/mol. The van der Waals surface area contributed by atoms with Gasteiger partial charge in [0, 0.05) is 6.04 Å². The molecule has 0 saturated heterocycles. The smallest absolute Gasteiger partial charge is 0.0323 e. The van der Waals surface area contributed by atoms with Gasteiger partial charge in [0.2, 0.25) is 0 Å². The lowest BCUT2D eigenvalue weighted by Crippen LogP contribution is -2.12. The van der Waals surface area contributed by atoms with E-state index in [1.165, 1.54) is 24.8 Å². The molecule has 1 nitrogen and oxygen atoms in total. The normalized spacial score (nSPS) is 19.6. The Balaban J connectivity index is 2.31. The Labute approximate surface area is 92.9 Å². The second-order valence-corrected chi connectivity index (χ2v) is 4.96. The minimum absolute atomic E-state index is 0.590. The van der Waals surface area contributed by atoms with E-state index in [9.17, 15) is 0 Å². The van der Waals surface area contributed by atoms with Crippen molar-refractivity contribution in [3.8, 4) is 0 Å². The maximum Gasteiger partial charge on any atom is 0.0323 e. The van der Waals surface area contributed by atoms with Gasteiger partial charge in [0.25, 0.3) is 0 Å². The summed E-state index contributed by atoms with van der Waals surface area (Å²) in [6, 6.07) is 7.39. The van der Waals surface area contributed by atoms with Crippen molar-refractivity contribution in [2.24, 2.45) is 5.92 Å². The average Bonchev–Trinajstić information content (AvgIpc) is 2.61. The Bertz CT molecular complexity index is 341. The number of hydrogen-bond donors (Lipinski definition) is 1. The molecule has 0 aliphatic heterocycles. The molecule has 0 aromatic heterocycles. The molecule has 0 amide bonds. The minimum atomic E-state index is 0.590. The lowest BCUT2D eigenvalue weighted by Gasteiger charge is -2.13. The van der Waals surface area contributed by atoms with Crippen molar-refractivity contribution in [1.29, 1.82) is 0 Å². The van der Waals surface area contributed by atoms with Crippen molar-refractivity contribution in [2.75, 3.05) is 7.05 Å². The molecule has 0 radical (unpaired) electrons. The Hall–Kier alpha value is -0.820. The molecule has 0 bridgehead atoms. The predicted molar refractivity (Wildman–Crippen MR) is 65.1 cm³/mol. The van der Waals surface area contributed by atoms with Crippen LogP contribution in [-0.2, 0) is 12.8 Å². The van der Waals surface area contributed by atoms with Crippen LogP contribution in [0.25, 0.3) is 0 Å². The molecular formula is C14H21N. The van der Waals surface area contributed by atoms with E-state index in [0.29, 0.717) is 6.04 Å². The van der Waals surface area contributed by atoms with Gasteiger partial charge in [-0.1, -0.05) is 32.0 Å². The molecule has 1 aromatic rings. The summed E-state index contributed by atoms with van der Waals surface area (Å²) in [6.45, 7) is 4.59. The lowest BCUT2D eigenvalue weighted by molar-refractivity contribution is 0.590. The first-order chi connectivity index (χ1) is 7.22. The fourth-order valence-corrected chi connectivity index (χ4v) is 2.66. The van der Waals surface area contributed by atoms with Gasteiger partial charge < -0.3 is 5.32 Å². The van der Waals surface area contributed by atoms with Crippen LogP contribution in [0.1, 0.15) is 43.0 Å². The Kier molecular flexibility index (Phi) is 3.11. The summed E-state index contributed by atoms with van der Waals surface area (Å²) in [5.74, 6) is 0.755. The molecule has 1 heteroatoms. The molecule has 0 spiro atoms. The van der Waals surface area contributed by atoms with Gasteiger partial charge in [0.05, 0.1) is 0 Å². The highest BCUT2D eigenvalue weighted by Crippen LogP contribution is 2.33. The second kappa shape index (κ2) is 4.36. The molecule has 0 heterocycles. The highest BCUT2D eigenvalue weighted by Gasteiger charge is 2.22. The lowest BCUT2D eigenvalue weighted by atomic mass is 9.95. The Morgan fingerprint density at radius 1 is 1.40 bits per heavy atom. The number of rotatable bonds is 3. The van der Waals surface area contributed by atoms with E-state index in [0.717, 1.165) is 5.92 Å². The summed E-state index contributed by atoms with van der Waals surface area (Å²) >= 11 is 0. The molecule has 2 rings (SSSR count). The van der Waals surface area contributed by atoms with Crippen LogP contribution in [0, 0.1) is 5.92 Å². The van der Waals surface area contributed by atoms with Crippen LogP contribution in [0.3, 0.4) is 0 Å². The quantitative estimate of drug-likeness (QED) is 0.796. The monoisotopic (exact) mass is 203 g/mol. The van der Waals surface area contributed by atoms with Gasteiger partial charge in [-0.15, -0.1) is 0 Å². The van der Waals surface area contributed by atoms with Gasteiger partial charge in [-0.25, -0.2) is 0 Å². The Morgan fingerprint density at radius 2 is 2.20 bits per heavy atom. The molecule has 1 atom stereocenters. The van der Waals surface area contributed by atoms with Gasteiger partial charge in [0.15, 0.2) is 0 Å². The maximum atomic E-state index is 3.40. The molecule has 1 aliphatic rings. The van der Waals surface area contributed by atoms with Crippen LogP contribution in [0.4, 0.5) is 0 Å². The molecule has 1 unspecified atom stereocenters. The number of hydrogen-bond acceptors (Lipinski definition) is 1. The van der Waals surface area contributed by atoms with Crippen molar-refractivity contribution in [3.63, 3.8) is 0 Å². The first-order valence-electron chi connectivity index (χ1n) is 6.00. The van der Waals surface area contributed by atoms with Crippen molar-refractivity contribution in [1.82, 2.24) is 5.32 Å². The second-order valence-electron chi connectivity index (χ2n) is 4.96. The Morgan fingerprint density at radius 3 is 2.87 bits per heavy atom. The van der Waals surface area contributed by atoms with E-state index < -0.39 is 0 Å². The van der Waals surface area contributed by atoms with Crippen LogP contribution in [0.15, 0.2) is 18.2 Å². The van der Waals surface area contributed by atoms with Crippen molar-refractivity contribution >= 4 is 0 Å². The molecule has 82 valence electrons. The largest absolute Gasteiger partial charge is 0.313 e. The minimum Gasteiger partial charge on any atom is -0.313 e. The molecule has 15 heavy (non-hydrogen) atoms. The van der Waals surface area contributed by atoms with Crippen molar-refractivity contribution in [2.45, 2.75) is 39.2 Å². The van der Waals surface area contributed by atoms with Crippen LogP contribution in [0.2, 0.25) is 0 Å². The zero-order valence-electron chi connectivity index (χ0n) is 10.0. The van der Waals surface area contributed by atoms with E-state index in [4.69, 9.17) is 0 Å². The molecule has 1 N–H and O–H groups in total. The van der Waals surface area contributed by atoms with Gasteiger partial charge in [0.1, 0.15) is 0 Å². The summed E-state index contributed by atoms with van der Waals surface area (Å²) in [7, 11) is 2.06. The van der Waals surface area contributed by atoms with E-state index >= 15 is 0 Å². The fourth-order valence-electron chi connectivity index (χ4n) is 2.66. The predicted octanol–water partition coefficient (Wildman–Crippen LogP) is 3.09. The van der Waals surface area contributed by atoms with E-state index in [1.807, 2.05) is 0 Å². The number of benzene rings is 1. The highest BCUT2D eigenvalue weighted by molar-refractivity contribution is 5.41. The summed E-state index contributed by atoms with van der Waals surface area (Å²) in [4.78, 5) is 0. The fraction of sp³-hybridized carbons (Fsp3) is 0.571. The van der Waals surface area contributed by atoms with E-state index in [1.54, 1.807) is 11.1 Å². The zero-order chi connectivity index (χ0) is 10.8. The standard InChI is InChI=1S/C14H21N/c1-10(2)9-11-5-4-6-13-12(11)7-8-14(13)15-3/h4-6,10,14-15H,7-9H2,1-3H3. The highest BCUT2D eigenvalue weighted by atomic mass is 14.9. The van der Waals surface area contributed by atoms with Crippen LogP contribution >= 0.6 is 0 Å². The third-order valence-corrected chi connectivity index (χ3v) is 3.34. The topological polar surface area (TPSA) is 12.0 Å². The SMILES string of the molecule is CNC1CCc2c(CC(C)C)cccc21. The van der Waals surface area contributed by atoms with Crippen LogP contribution in [-0.4, -0.2) is 7.05 Å². The van der Waals surface area contributed by atoms with E-state index in [-0.39, 0.29) is 0 Å². The van der Waals surface area contributed by atoms with Crippen LogP contribution < -0.4 is 5.32 Å². The summed E-state index contributed by atoms with van der Waals surface area (Å²) < 4.78 is 0. The first kappa shape index (κ1) is 10.7. The van der Waals surface area contributed by atoms with Crippen LogP contribution in [0.5, 0.6) is 0 Å². The van der Waals surface area contributed by atoms with Gasteiger partial charge in [-0.2, -0.15) is 0 Å². The van der Waals surface area contributed by atoms with E-state index in [2.05, 4.69) is 44.4 Å². The summed E-state index contributed by atoms with van der Waals surface area (Å²) in [5.41, 5.74) is 4.72.